The van der Waals surface area contributed by atoms with Crippen LogP contribution in [0.25, 0.3) is 0 Å². The molecule has 0 unspecified atom stereocenters. The molecule has 0 aliphatic rings. The van der Waals surface area contributed by atoms with Crippen LogP contribution in [0.15, 0.2) is 24.3 Å². The van der Waals surface area contributed by atoms with Crippen molar-refractivity contribution in [2.45, 2.75) is 24.1 Å². The van der Waals surface area contributed by atoms with E-state index >= 15 is 0 Å². The molecule has 0 spiro atoms. The molecule has 0 amide bonds. The lowest BCUT2D eigenvalue weighted by Crippen LogP contribution is -2.12. The first-order valence-corrected chi connectivity index (χ1v) is 6.82. The lowest BCUT2D eigenvalue weighted by molar-refractivity contribution is 0.815. The van der Waals surface area contributed by atoms with Crippen molar-refractivity contribution in [2.75, 3.05) is 0 Å². The Balaban J connectivity index is 2.30. The minimum atomic E-state index is -1.63. The largest absolute Gasteiger partial charge is 0.250 e. The van der Waals surface area contributed by atoms with E-state index in [4.69, 9.17) is 34.8 Å². The van der Waals surface area contributed by atoms with Crippen LogP contribution in [0.2, 0.25) is 0 Å². The molecule has 100 valence electrons. The molecule has 6 heteroatoms. The first-order valence-electron chi connectivity index (χ1n) is 5.69. The summed E-state index contributed by atoms with van der Waals surface area (Å²) >= 11 is 17.4. The predicted octanol–water partition coefficient (Wildman–Crippen LogP) is 3.91. The van der Waals surface area contributed by atoms with Gasteiger partial charge in [0.2, 0.25) is 3.79 Å². The monoisotopic (exact) mass is 315 g/mol. The molecule has 1 aromatic carbocycles. The van der Waals surface area contributed by atoms with Crippen LogP contribution in [0, 0.1) is 13.8 Å². The maximum atomic E-state index is 5.80. The molecule has 2 aromatic rings. The van der Waals surface area contributed by atoms with Crippen molar-refractivity contribution >= 4 is 34.8 Å². The highest BCUT2D eigenvalue weighted by molar-refractivity contribution is 6.66. The quantitative estimate of drug-likeness (QED) is 0.789. The number of aryl methyl sites for hydroxylation is 2. The molecule has 0 fully saturated rings. The van der Waals surface area contributed by atoms with E-state index in [-0.39, 0.29) is 5.82 Å². The molecule has 0 aliphatic heterocycles. The molecular weight excluding hydrogens is 305 g/mol. The van der Waals surface area contributed by atoms with E-state index in [9.17, 15) is 0 Å². The summed E-state index contributed by atoms with van der Waals surface area (Å²) in [6, 6.07) is 8.14. The highest BCUT2D eigenvalue weighted by atomic mass is 35.6. The van der Waals surface area contributed by atoms with Crippen LogP contribution in [-0.2, 0) is 10.2 Å². The fourth-order valence-electron chi connectivity index (χ4n) is 1.63. The maximum absolute atomic E-state index is 5.80. The van der Waals surface area contributed by atoms with Gasteiger partial charge >= 0.3 is 0 Å². The molecule has 2 rings (SSSR count). The minimum Gasteiger partial charge on any atom is -0.218 e. The van der Waals surface area contributed by atoms with Crippen LogP contribution in [0.4, 0.5) is 0 Å². The Bertz CT molecular complexity index is 577. The molecule has 3 nitrogen and oxygen atoms in total. The van der Waals surface area contributed by atoms with E-state index in [1.807, 2.05) is 31.2 Å². The van der Waals surface area contributed by atoms with Gasteiger partial charge in [-0.05, 0) is 19.4 Å². The molecule has 0 saturated carbocycles. The number of rotatable bonds is 2. The van der Waals surface area contributed by atoms with Crippen LogP contribution >= 0.6 is 34.8 Å². The second kappa shape index (κ2) is 5.61. The van der Waals surface area contributed by atoms with Crippen molar-refractivity contribution in [3.63, 3.8) is 0 Å². The van der Waals surface area contributed by atoms with Gasteiger partial charge in [-0.3, -0.25) is 0 Å². The maximum Gasteiger partial charge on any atom is 0.250 e. The number of hydrogen-bond acceptors (Lipinski definition) is 3. The van der Waals surface area contributed by atoms with E-state index in [2.05, 4.69) is 15.0 Å². The normalized spacial score (nSPS) is 11.6. The summed E-state index contributed by atoms with van der Waals surface area (Å²) < 4.78 is -1.63. The van der Waals surface area contributed by atoms with Crippen LogP contribution < -0.4 is 0 Å². The molecule has 0 saturated heterocycles. The van der Waals surface area contributed by atoms with Crippen molar-refractivity contribution < 1.29 is 0 Å². The number of halogens is 3. The summed E-state index contributed by atoms with van der Waals surface area (Å²) in [4.78, 5) is 12.5. The van der Waals surface area contributed by atoms with Crippen molar-refractivity contribution in [3.8, 4) is 0 Å². The van der Waals surface area contributed by atoms with E-state index in [1.165, 1.54) is 5.56 Å². The Morgan fingerprint density at radius 3 is 2.16 bits per heavy atom. The Kier molecular flexibility index (Phi) is 4.29. The first-order chi connectivity index (χ1) is 8.84. The van der Waals surface area contributed by atoms with E-state index in [0.717, 1.165) is 5.56 Å². The lowest BCUT2D eigenvalue weighted by Gasteiger charge is -2.11. The van der Waals surface area contributed by atoms with E-state index < -0.39 is 3.79 Å². The first kappa shape index (κ1) is 14.5. The SMILES string of the molecule is Cc1ccc(Cc2nc(C)nc(C(Cl)(Cl)Cl)n2)cc1. The lowest BCUT2D eigenvalue weighted by atomic mass is 10.1. The van der Waals surface area contributed by atoms with Crippen LogP contribution in [0.3, 0.4) is 0 Å². The molecule has 0 bridgehead atoms. The van der Waals surface area contributed by atoms with Crippen molar-refractivity contribution in [3.05, 3.63) is 52.9 Å². The van der Waals surface area contributed by atoms with Gasteiger partial charge in [-0.2, -0.15) is 0 Å². The third-order valence-electron chi connectivity index (χ3n) is 2.53. The number of nitrogens with zero attached hydrogens (tertiary/aromatic N) is 3. The molecule has 0 atom stereocenters. The fourth-order valence-corrected chi connectivity index (χ4v) is 1.89. The number of aromatic nitrogens is 3. The van der Waals surface area contributed by atoms with Gasteiger partial charge in [-0.15, -0.1) is 0 Å². The molecule has 1 heterocycles. The van der Waals surface area contributed by atoms with Gasteiger partial charge in [-0.1, -0.05) is 64.6 Å². The second-order valence-corrected chi connectivity index (χ2v) is 6.56. The zero-order valence-electron chi connectivity index (χ0n) is 10.5. The van der Waals surface area contributed by atoms with Crippen LogP contribution in [0.1, 0.15) is 28.6 Å². The summed E-state index contributed by atoms with van der Waals surface area (Å²) in [5.74, 6) is 1.29. The smallest absolute Gasteiger partial charge is 0.218 e. The van der Waals surface area contributed by atoms with Gasteiger partial charge in [0.25, 0.3) is 0 Å². The fraction of sp³-hybridized carbons (Fsp3) is 0.308. The number of alkyl halides is 3. The Labute approximate surface area is 127 Å². The molecule has 0 aliphatic carbocycles. The van der Waals surface area contributed by atoms with Gasteiger partial charge in [0, 0.05) is 6.42 Å². The standard InChI is InChI=1S/C13H12Cl3N3/c1-8-3-5-10(6-4-8)7-11-17-9(2)18-12(19-11)13(14,15)16/h3-6H,7H2,1-2H3. The molecule has 0 radical (unpaired) electrons. The second-order valence-electron chi connectivity index (χ2n) is 4.28. The van der Waals surface area contributed by atoms with Crippen LogP contribution in [0.5, 0.6) is 0 Å². The van der Waals surface area contributed by atoms with Crippen molar-refractivity contribution in [1.29, 1.82) is 0 Å². The van der Waals surface area contributed by atoms with E-state index in [0.29, 0.717) is 18.1 Å². The highest BCUT2D eigenvalue weighted by Gasteiger charge is 2.27. The zero-order valence-corrected chi connectivity index (χ0v) is 12.8. The van der Waals surface area contributed by atoms with Gasteiger partial charge in [0.15, 0.2) is 5.82 Å². The minimum absolute atomic E-state index is 0.159. The molecule has 0 N–H and O–H groups in total. The van der Waals surface area contributed by atoms with Gasteiger partial charge in [-0.25, -0.2) is 15.0 Å². The number of benzene rings is 1. The third-order valence-corrected chi connectivity index (χ3v) is 3.04. The van der Waals surface area contributed by atoms with Gasteiger partial charge in [0.05, 0.1) is 0 Å². The molecule has 19 heavy (non-hydrogen) atoms. The van der Waals surface area contributed by atoms with Gasteiger partial charge < -0.3 is 0 Å². The number of hydrogen-bond donors (Lipinski definition) is 0. The Morgan fingerprint density at radius 1 is 0.947 bits per heavy atom. The third kappa shape index (κ3) is 4.03. The highest BCUT2D eigenvalue weighted by Crippen LogP contribution is 2.35. The average molecular weight is 317 g/mol. The van der Waals surface area contributed by atoms with Crippen molar-refractivity contribution in [1.82, 2.24) is 15.0 Å². The Morgan fingerprint density at radius 2 is 1.58 bits per heavy atom. The zero-order chi connectivity index (χ0) is 14.0. The van der Waals surface area contributed by atoms with Crippen LogP contribution in [-0.4, -0.2) is 15.0 Å². The predicted molar refractivity (Wildman–Crippen MR) is 77.8 cm³/mol. The molecule has 1 aromatic heterocycles. The van der Waals surface area contributed by atoms with E-state index in [1.54, 1.807) is 6.92 Å². The van der Waals surface area contributed by atoms with Gasteiger partial charge in [0.1, 0.15) is 11.6 Å². The summed E-state index contributed by atoms with van der Waals surface area (Å²) in [6.45, 7) is 3.79. The van der Waals surface area contributed by atoms with Crippen molar-refractivity contribution in [2.24, 2.45) is 0 Å². The summed E-state index contributed by atoms with van der Waals surface area (Å²) in [7, 11) is 0. The summed E-state index contributed by atoms with van der Waals surface area (Å²) in [5, 5.41) is 0. The Hall–Kier alpha value is -0.900. The average Bonchev–Trinajstić information content (AvgIpc) is 2.30. The summed E-state index contributed by atoms with van der Waals surface area (Å²) in [6.07, 6.45) is 0.581. The topological polar surface area (TPSA) is 38.7 Å². The molecular formula is C13H12Cl3N3. The summed E-state index contributed by atoms with van der Waals surface area (Å²) in [5.41, 5.74) is 2.31.